The molecule has 0 aliphatic carbocycles. The third kappa shape index (κ3) is 2.17. The molecule has 2 aromatic rings. The number of rotatable bonds is 2. The van der Waals surface area contributed by atoms with Crippen LogP contribution in [0, 0.1) is 0 Å². The van der Waals surface area contributed by atoms with Gasteiger partial charge in [0.05, 0.1) is 17.2 Å². The van der Waals surface area contributed by atoms with Crippen LogP contribution in [0.4, 0.5) is 0 Å². The Hall–Kier alpha value is -1.33. The summed E-state index contributed by atoms with van der Waals surface area (Å²) in [5.41, 5.74) is 1.61. The van der Waals surface area contributed by atoms with E-state index in [-0.39, 0.29) is 12.0 Å². The van der Waals surface area contributed by atoms with Crippen molar-refractivity contribution < 1.29 is 9.53 Å². The lowest BCUT2D eigenvalue weighted by Crippen LogP contribution is -2.30. The highest BCUT2D eigenvalue weighted by atomic mass is 79.9. The molecule has 1 aromatic carbocycles. The molecule has 1 aliphatic rings. The molecular formula is C14H15BrN2O2. The summed E-state index contributed by atoms with van der Waals surface area (Å²) in [7, 11) is 1.70. The number of nitrogens with zero attached hydrogens (tertiary/aromatic N) is 1. The predicted molar refractivity (Wildman–Crippen MR) is 77.3 cm³/mol. The molecule has 3 rings (SSSR count). The van der Waals surface area contributed by atoms with Crippen LogP contribution >= 0.6 is 15.9 Å². The van der Waals surface area contributed by atoms with Gasteiger partial charge in [-0.3, -0.25) is 4.79 Å². The number of likely N-dealkylation sites (tertiary alicyclic amines) is 1. The summed E-state index contributed by atoms with van der Waals surface area (Å²) in [6.07, 6.45) is 2.94. The average molecular weight is 323 g/mol. The van der Waals surface area contributed by atoms with Crippen LogP contribution in [-0.4, -0.2) is 42.1 Å². The maximum absolute atomic E-state index is 12.6. The number of carbonyl (C=O) groups excluding carboxylic acids is 1. The number of amides is 1. The average Bonchev–Trinajstić information content (AvgIpc) is 3.05. The molecule has 5 heteroatoms. The summed E-state index contributed by atoms with van der Waals surface area (Å²) in [4.78, 5) is 17.6. The number of halogens is 1. The molecule has 0 bridgehead atoms. The van der Waals surface area contributed by atoms with Crippen LogP contribution in [0.5, 0.6) is 0 Å². The maximum Gasteiger partial charge on any atom is 0.256 e. The third-order valence-electron chi connectivity index (χ3n) is 3.66. The van der Waals surface area contributed by atoms with Crippen LogP contribution in [0.15, 0.2) is 28.9 Å². The van der Waals surface area contributed by atoms with Gasteiger partial charge in [-0.2, -0.15) is 0 Å². The highest BCUT2D eigenvalue weighted by Gasteiger charge is 2.27. The number of hydrogen-bond donors (Lipinski definition) is 1. The number of benzene rings is 1. The zero-order valence-corrected chi connectivity index (χ0v) is 12.2. The van der Waals surface area contributed by atoms with Crippen LogP contribution in [-0.2, 0) is 4.74 Å². The number of ether oxygens (including phenoxy) is 1. The minimum Gasteiger partial charge on any atom is -0.380 e. The normalized spacial score (nSPS) is 19.3. The van der Waals surface area contributed by atoms with E-state index in [1.807, 2.05) is 29.3 Å². The summed E-state index contributed by atoms with van der Waals surface area (Å²) >= 11 is 3.48. The van der Waals surface area contributed by atoms with E-state index in [0.29, 0.717) is 6.54 Å². The quantitative estimate of drug-likeness (QED) is 0.924. The number of methoxy groups -OCH3 is 1. The van der Waals surface area contributed by atoms with E-state index in [1.165, 1.54) is 0 Å². The van der Waals surface area contributed by atoms with Gasteiger partial charge in [0.2, 0.25) is 0 Å². The highest BCUT2D eigenvalue weighted by molar-refractivity contribution is 9.10. The van der Waals surface area contributed by atoms with E-state index in [4.69, 9.17) is 4.74 Å². The van der Waals surface area contributed by atoms with Crippen molar-refractivity contribution in [3.8, 4) is 0 Å². The molecule has 1 N–H and O–H groups in total. The Bertz CT molecular complexity index is 623. The fraction of sp³-hybridized carbons (Fsp3) is 0.357. The molecule has 0 radical (unpaired) electrons. The minimum absolute atomic E-state index is 0.0690. The van der Waals surface area contributed by atoms with E-state index in [2.05, 4.69) is 20.9 Å². The van der Waals surface area contributed by atoms with Gasteiger partial charge in [0.1, 0.15) is 0 Å². The van der Waals surface area contributed by atoms with Crippen molar-refractivity contribution in [2.75, 3.05) is 20.2 Å². The number of hydrogen-bond acceptors (Lipinski definition) is 2. The van der Waals surface area contributed by atoms with Gasteiger partial charge in [-0.25, -0.2) is 0 Å². The third-order valence-corrected chi connectivity index (χ3v) is 4.32. The molecule has 1 atom stereocenters. The monoisotopic (exact) mass is 322 g/mol. The fourth-order valence-electron chi connectivity index (χ4n) is 2.57. The van der Waals surface area contributed by atoms with E-state index < -0.39 is 0 Å². The molecule has 1 fully saturated rings. The van der Waals surface area contributed by atoms with E-state index in [1.54, 1.807) is 7.11 Å². The van der Waals surface area contributed by atoms with E-state index in [9.17, 15) is 4.79 Å². The van der Waals surface area contributed by atoms with Crippen molar-refractivity contribution >= 4 is 32.7 Å². The second-order valence-corrected chi connectivity index (χ2v) is 5.62. The van der Waals surface area contributed by atoms with Crippen LogP contribution < -0.4 is 0 Å². The molecule has 100 valence electrons. The van der Waals surface area contributed by atoms with Crippen molar-refractivity contribution in [3.05, 3.63) is 34.4 Å². The first kappa shape index (κ1) is 12.7. The zero-order chi connectivity index (χ0) is 13.4. The number of aromatic amines is 1. The van der Waals surface area contributed by atoms with Crippen LogP contribution in [0.1, 0.15) is 16.8 Å². The van der Waals surface area contributed by atoms with Crippen LogP contribution in [0.3, 0.4) is 0 Å². The Balaban J connectivity index is 1.94. The van der Waals surface area contributed by atoms with E-state index in [0.717, 1.165) is 33.9 Å². The lowest BCUT2D eigenvalue weighted by molar-refractivity contribution is 0.0726. The number of fused-ring (bicyclic) bond motifs is 1. The van der Waals surface area contributed by atoms with Gasteiger partial charge in [0.25, 0.3) is 5.91 Å². The topological polar surface area (TPSA) is 45.3 Å². The van der Waals surface area contributed by atoms with E-state index >= 15 is 0 Å². The highest BCUT2D eigenvalue weighted by Crippen LogP contribution is 2.27. The molecule has 4 nitrogen and oxygen atoms in total. The minimum atomic E-state index is 0.0690. The van der Waals surface area contributed by atoms with Gasteiger partial charge < -0.3 is 14.6 Å². The number of para-hydroxylation sites is 1. The first-order chi connectivity index (χ1) is 9.20. The molecule has 1 unspecified atom stereocenters. The largest absolute Gasteiger partial charge is 0.380 e. The van der Waals surface area contributed by atoms with Gasteiger partial charge >= 0.3 is 0 Å². The molecule has 1 amide bonds. The lowest BCUT2D eigenvalue weighted by atomic mass is 10.1. The Labute approximate surface area is 119 Å². The molecule has 1 aromatic heterocycles. The van der Waals surface area contributed by atoms with Crippen molar-refractivity contribution in [1.29, 1.82) is 0 Å². The van der Waals surface area contributed by atoms with Gasteiger partial charge in [0, 0.05) is 36.3 Å². The standard InChI is InChI=1S/C14H15BrN2O2/c1-19-9-5-6-17(8-9)14(18)11-4-2-3-10-12(15)7-16-13(10)11/h2-4,7,9,16H,5-6,8H2,1H3. The summed E-state index contributed by atoms with van der Waals surface area (Å²) in [6, 6.07) is 5.78. The molecular weight excluding hydrogens is 308 g/mol. The lowest BCUT2D eigenvalue weighted by Gasteiger charge is -2.16. The number of H-pyrrole nitrogens is 1. The Morgan fingerprint density at radius 2 is 2.37 bits per heavy atom. The Morgan fingerprint density at radius 3 is 3.11 bits per heavy atom. The molecule has 2 heterocycles. The summed E-state index contributed by atoms with van der Waals surface area (Å²) in [5.74, 6) is 0.0690. The summed E-state index contributed by atoms with van der Waals surface area (Å²) in [6.45, 7) is 1.43. The van der Waals surface area contributed by atoms with Gasteiger partial charge in [-0.05, 0) is 28.4 Å². The first-order valence-corrected chi connectivity index (χ1v) is 7.07. The smallest absolute Gasteiger partial charge is 0.256 e. The van der Waals surface area contributed by atoms with Gasteiger partial charge in [-0.1, -0.05) is 12.1 Å². The zero-order valence-electron chi connectivity index (χ0n) is 10.6. The molecule has 0 saturated carbocycles. The summed E-state index contributed by atoms with van der Waals surface area (Å²) in [5, 5.41) is 1.04. The van der Waals surface area contributed by atoms with Crippen LogP contribution in [0.25, 0.3) is 10.9 Å². The van der Waals surface area contributed by atoms with Crippen molar-refractivity contribution in [3.63, 3.8) is 0 Å². The first-order valence-electron chi connectivity index (χ1n) is 6.28. The second kappa shape index (κ2) is 4.98. The second-order valence-electron chi connectivity index (χ2n) is 4.76. The molecule has 1 saturated heterocycles. The maximum atomic E-state index is 12.6. The SMILES string of the molecule is COC1CCN(C(=O)c2cccc3c(Br)c[nH]c23)C1. The molecule has 1 aliphatic heterocycles. The number of carbonyl (C=O) groups is 1. The predicted octanol–water partition coefficient (Wildman–Crippen LogP) is 2.79. The van der Waals surface area contributed by atoms with Crippen LogP contribution in [0.2, 0.25) is 0 Å². The van der Waals surface area contributed by atoms with Crippen molar-refractivity contribution in [1.82, 2.24) is 9.88 Å². The van der Waals surface area contributed by atoms with Gasteiger partial charge in [0.15, 0.2) is 0 Å². The van der Waals surface area contributed by atoms with Crippen molar-refractivity contribution in [2.45, 2.75) is 12.5 Å². The number of aromatic nitrogens is 1. The van der Waals surface area contributed by atoms with Gasteiger partial charge in [-0.15, -0.1) is 0 Å². The Kier molecular flexibility index (Phi) is 3.33. The molecule has 19 heavy (non-hydrogen) atoms. The number of nitrogens with one attached hydrogen (secondary N) is 1. The Morgan fingerprint density at radius 1 is 1.53 bits per heavy atom. The fourth-order valence-corrected chi connectivity index (χ4v) is 3.02. The summed E-state index contributed by atoms with van der Waals surface area (Å²) < 4.78 is 6.29. The molecule has 0 spiro atoms. The van der Waals surface area contributed by atoms with Crippen molar-refractivity contribution in [2.24, 2.45) is 0 Å².